The van der Waals surface area contributed by atoms with Gasteiger partial charge in [0.05, 0.1) is 5.60 Å². The lowest BCUT2D eigenvalue weighted by Crippen LogP contribution is -2.48. The topological polar surface area (TPSA) is 102 Å². The summed E-state index contributed by atoms with van der Waals surface area (Å²) in [7, 11) is -3.71. The molecule has 1 rings (SSSR count). The molecular formula is C6H14N2O4S. The van der Waals surface area contributed by atoms with Crippen molar-refractivity contribution >= 4 is 10.2 Å². The van der Waals surface area contributed by atoms with E-state index in [-0.39, 0.29) is 6.54 Å². The highest BCUT2D eigenvalue weighted by Gasteiger charge is 2.30. The van der Waals surface area contributed by atoms with Crippen molar-refractivity contribution in [1.29, 1.82) is 0 Å². The number of nitrogens with two attached hydrogens (primary N) is 1. The molecule has 0 aliphatic carbocycles. The fraction of sp³-hybridized carbons (Fsp3) is 1.00. The molecular weight excluding hydrogens is 196 g/mol. The van der Waals surface area contributed by atoms with Gasteiger partial charge >= 0.3 is 0 Å². The Hall–Kier alpha value is -0.210. The first-order valence-corrected chi connectivity index (χ1v) is 5.53. The maximum atomic E-state index is 10.5. The molecule has 13 heavy (non-hydrogen) atoms. The summed E-state index contributed by atoms with van der Waals surface area (Å²) < 4.78 is 28.2. The van der Waals surface area contributed by atoms with Gasteiger partial charge in [-0.05, 0) is 0 Å². The number of aliphatic hydroxyl groups is 1. The molecule has 0 amide bonds. The molecule has 0 aromatic carbocycles. The summed E-state index contributed by atoms with van der Waals surface area (Å²) in [5.41, 5.74) is -1.01. The average Bonchev–Trinajstić information content (AvgIpc) is 2.02. The molecule has 1 aliphatic rings. The molecule has 1 aliphatic heterocycles. The van der Waals surface area contributed by atoms with E-state index in [2.05, 4.69) is 4.72 Å². The fourth-order valence-electron chi connectivity index (χ4n) is 1.16. The van der Waals surface area contributed by atoms with Crippen LogP contribution in [0.5, 0.6) is 0 Å². The van der Waals surface area contributed by atoms with Crippen molar-refractivity contribution in [3.63, 3.8) is 0 Å². The van der Waals surface area contributed by atoms with Gasteiger partial charge in [0, 0.05) is 32.6 Å². The number of ether oxygens (including phenoxy) is 1. The van der Waals surface area contributed by atoms with Crippen LogP contribution in [-0.2, 0) is 14.9 Å². The third-order valence-electron chi connectivity index (χ3n) is 2.03. The van der Waals surface area contributed by atoms with Crippen LogP contribution in [0.15, 0.2) is 0 Å². The van der Waals surface area contributed by atoms with Gasteiger partial charge in [0.2, 0.25) is 0 Å². The minimum Gasteiger partial charge on any atom is -0.388 e. The molecule has 0 saturated carbocycles. The Morgan fingerprint density at radius 2 is 2.00 bits per heavy atom. The van der Waals surface area contributed by atoms with Crippen molar-refractivity contribution in [2.45, 2.75) is 18.4 Å². The summed E-state index contributed by atoms with van der Waals surface area (Å²) in [4.78, 5) is 0. The Labute approximate surface area is 77.3 Å². The van der Waals surface area contributed by atoms with E-state index in [0.29, 0.717) is 26.1 Å². The number of hydrogen-bond acceptors (Lipinski definition) is 4. The van der Waals surface area contributed by atoms with Crippen LogP contribution < -0.4 is 9.86 Å². The Morgan fingerprint density at radius 3 is 2.46 bits per heavy atom. The largest absolute Gasteiger partial charge is 0.388 e. The van der Waals surface area contributed by atoms with E-state index in [1.54, 1.807) is 0 Å². The molecule has 1 fully saturated rings. The molecule has 1 heterocycles. The van der Waals surface area contributed by atoms with Gasteiger partial charge in [0.25, 0.3) is 10.2 Å². The van der Waals surface area contributed by atoms with Crippen LogP contribution in [0.25, 0.3) is 0 Å². The van der Waals surface area contributed by atoms with E-state index >= 15 is 0 Å². The van der Waals surface area contributed by atoms with Gasteiger partial charge in [-0.1, -0.05) is 0 Å². The van der Waals surface area contributed by atoms with Crippen LogP contribution in [0, 0.1) is 0 Å². The van der Waals surface area contributed by atoms with Crippen molar-refractivity contribution in [3.05, 3.63) is 0 Å². The lowest BCUT2D eigenvalue weighted by Gasteiger charge is -2.31. The van der Waals surface area contributed by atoms with Crippen LogP contribution in [-0.4, -0.2) is 38.9 Å². The monoisotopic (exact) mass is 210 g/mol. The smallest absolute Gasteiger partial charge is 0.274 e. The third-order valence-corrected chi connectivity index (χ3v) is 2.57. The molecule has 78 valence electrons. The SMILES string of the molecule is NS(=O)(=O)NCC1(O)CCOCC1. The Morgan fingerprint density at radius 1 is 1.46 bits per heavy atom. The number of nitrogens with one attached hydrogen (secondary N) is 1. The van der Waals surface area contributed by atoms with Crippen molar-refractivity contribution in [3.8, 4) is 0 Å². The molecule has 0 radical (unpaired) electrons. The van der Waals surface area contributed by atoms with Gasteiger partial charge in [-0.25, -0.2) is 5.14 Å². The maximum absolute atomic E-state index is 10.5. The Kier molecular flexibility index (Phi) is 3.25. The third kappa shape index (κ3) is 4.01. The highest BCUT2D eigenvalue weighted by molar-refractivity contribution is 7.87. The van der Waals surface area contributed by atoms with E-state index in [9.17, 15) is 13.5 Å². The summed E-state index contributed by atoms with van der Waals surface area (Å²) in [6.07, 6.45) is 0.852. The predicted octanol–water partition coefficient (Wildman–Crippen LogP) is -1.68. The quantitative estimate of drug-likeness (QED) is 0.518. The van der Waals surface area contributed by atoms with Gasteiger partial charge in [-0.3, -0.25) is 0 Å². The summed E-state index contributed by atoms with van der Waals surface area (Å²) in [5.74, 6) is 0. The van der Waals surface area contributed by atoms with Crippen LogP contribution in [0.3, 0.4) is 0 Å². The van der Waals surface area contributed by atoms with Crippen molar-refractivity contribution in [2.75, 3.05) is 19.8 Å². The second-order valence-electron chi connectivity index (χ2n) is 3.20. The van der Waals surface area contributed by atoms with Gasteiger partial charge in [0.1, 0.15) is 0 Å². The van der Waals surface area contributed by atoms with Crippen LogP contribution in [0.4, 0.5) is 0 Å². The minimum atomic E-state index is -3.71. The molecule has 0 spiro atoms. The molecule has 4 N–H and O–H groups in total. The van der Waals surface area contributed by atoms with E-state index in [0.717, 1.165) is 0 Å². The molecule has 0 aromatic rings. The second kappa shape index (κ2) is 3.89. The van der Waals surface area contributed by atoms with Crippen LogP contribution in [0.2, 0.25) is 0 Å². The summed E-state index contributed by atoms with van der Waals surface area (Å²) in [5, 5.41) is 14.5. The first kappa shape index (κ1) is 10.9. The second-order valence-corrected chi connectivity index (χ2v) is 4.58. The zero-order valence-corrected chi connectivity index (χ0v) is 8.01. The van der Waals surface area contributed by atoms with E-state index < -0.39 is 15.8 Å². The zero-order chi connectivity index (χ0) is 9.95. The standard InChI is InChI=1S/C6H14N2O4S/c7-13(10,11)8-5-6(9)1-3-12-4-2-6/h8-9H,1-5H2,(H2,7,10,11). The van der Waals surface area contributed by atoms with Crippen molar-refractivity contribution < 1.29 is 18.3 Å². The van der Waals surface area contributed by atoms with Gasteiger partial charge in [0.15, 0.2) is 0 Å². The first-order valence-electron chi connectivity index (χ1n) is 3.99. The summed E-state index contributed by atoms with van der Waals surface area (Å²) in [6.45, 7) is 0.848. The van der Waals surface area contributed by atoms with E-state index in [1.807, 2.05) is 0 Å². The van der Waals surface area contributed by atoms with Crippen molar-refractivity contribution in [1.82, 2.24) is 4.72 Å². The normalized spacial score (nSPS) is 22.9. The predicted molar refractivity (Wildman–Crippen MR) is 46.1 cm³/mol. The molecule has 7 heteroatoms. The van der Waals surface area contributed by atoms with E-state index in [1.165, 1.54) is 0 Å². The average molecular weight is 210 g/mol. The summed E-state index contributed by atoms with van der Waals surface area (Å²) in [6, 6.07) is 0. The van der Waals surface area contributed by atoms with Crippen LogP contribution >= 0.6 is 0 Å². The fourth-order valence-corrected chi connectivity index (χ4v) is 1.63. The molecule has 6 nitrogen and oxygen atoms in total. The minimum absolute atomic E-state index is 0.0464. The molecule has 0 bridgehead atoms. The lowest BCUT2D eigenvalue weighted by atomic mass is 9.95. The summed E-state index contributed by atoms with van der Waals surface area (Å²) >= 11 is 0. The Bertz CT molecular complexity index is 258. The maximum Gasteiger partial charge on any atom is 0.274 e. The Balaban J connectivity index is 2.42. The highest BCUT2D eigenvalue weighted by atomic mass is 32.2. The van der Waals surface area contributed by atoms with E-state index in [4.69, 9.17) is 9.88 Å². The first-order chi connectivity index (χ1) is 5.91. The molecule has 1 saturated heterocycles. The number of hydrogen-bond donors (Lipinski definition) is 3. The lowest BCUT2D eigenvalue weighted by molar-refractivity contribution is -0.0588. The number of rotatable bonds is 3. The van der Waals surface area contributed by atoms with Gasteiger partial charge in [-0.15, -0.1) is 0 Å². The van der Waals surface area contributed by atoms with Gasteiger partial charge in [-0.2, -0.15) is 13.1 Å². The van der Waals surface area contributed by atoms with Gasteiger partial charge < -0.3 is 9.84 Å². The molecule has 0 unspecified atom stereocenters. The van der Waals surface area contributed by atoms with Crippen molar-refractivity contribution in [2.24, 2.45) is 5.14 Å². The molecule has 0 aromatic heterocycles. The molecule has 0 atom stereocenters. The zero-order valence-electron chi connectivity index (χ0n) is 7.19. The van der Waals surface area contributed by atoms with Crippen LogP contribution in [0.1, 0.15) is 12.8 Å². The highest BCUT2D eigenvalue weighted by Crippen LogP contribution is 2.19.